The van der Waals surface area contributed by atoms with Crippen LogP contribution in [0, 0.1) is 0 Å². The molecule has 0 aliphatic rings. The maximum Gasteiger partial charge on any atom is 0.286 e. The van der Waals surface area contributed by atoms with Gasteiger partial charge >= 0.3 is 0 Å². The molecule has 0 unspecified atom stereocenters. The maximum atomic E-state index is 4.64. The molecule has 0 aliphatic heterocycles. The van der Waals surface area contributed by atoms with Gasteiger partial charge in [-0.3, -0.25) is 0 Å². The molecule has 6 aromatic carbocycles. The van der Waals surface area contributed by atoms with Crippen molar-refractivity contribution in [3.63, 3.8) is 0 Å². The van der Waals surface area contributed by atoms with Gasteiger partial charge in [0.05, 0.1) is 0 Å². The zero-order valence-corrected chi connectivity index (χ0v) is 22.9. The molecule has 6 N–H and O–H groups in total. The summed E-state index contributed by atoms with van der Waals surface area (Å²) in [6.45, 7) is 0. The van der Waals surface area contributed by atoms with E-state index in [1.54, 1.807) is 0 Å². The van der Waals surface area contributed by atoms with Gasteiger partial charge in [-0.05, 0) is 0 Å². The number of rotatable bonds is 6. The summed E-state index contributed by atoms with van der Waals surface area (Å²) in [5.41, 5.74) is 16.9. The highest BCUT2D eigenvalue weighted by Crippen LogP contribution is 2.01. The molecule has 6 aromatic rings. The Hall–Kier alpha value is -4.63. The lowest BCUT2D eigenvalue weighted by molar-refractivity contribution is -0.194. The van der Waals surface area contributed by atoms with Gasteiger partial charge in [0.2, 0.25) is 0 Å². The van der Waals surface area contributed by atoms with E-state index >= 15 is 0 Å². The van der Waals surface area contributed by atoms with E-state index in [2.05, 4.69) is 193 Å². The summed E-state index contributed by atoms with van der Waals surface area (Å²) in [5, 5.41) is 0. The van der Waals surface area contributed by atoms with Gasteiger partial charge in [0.15, 0.2) is 0 Å². The molecule has 196 valence electrons. The third-order valence-corrected chi connectivity index (χ3v) is 8.21. The zero-order chi connectivity index (χ0) is 27.7. The molecule has 2 nitrogen and oxygen atoms in total. The van der Waals surface area contributed by atoms with Gasteiger partial charge in [-0.2, -0.15) is 0 Å². The Labute approximate surface area is 238 Å². The van der Waals surface area contributed by atoms with E-state index in [0.29, 0.717) is 0 Å². The highest BCUT2D eigenvalue weighted by atomic mass is 14.5. The van der Waals surface area contributed by atoms with E-state index in [4.69, 9.17) is 0 Å². The van der Waals surface area contributed by atoms with Crippen LogP contribution in [0.4, 0.5) is 0 Å². The Kier molecular flexibility index (Phi) is 8.41. The standard InChI is InChI=1S/2C18H18BN/c2*20-19(16-10-4-1-5-11-16,17-12-6-2-7-13-17)18-14-8-3-9-15-18/h2*1-15H,20H3. The molecule has 0 amide bonds. The highest BCUT2D eigenvalue weighted by molar-refractivity contribution is 7.05. The van der Waals surface area contributed by atoms with Crippen LogP contribution in [0.5, 0.6) is 0 Å². The van der Waals surface area contributed by atoms with E-state index in [9.17, 15) is 0 Å². The SMILES string of the molecule is [NH3+][B-](c1ccccc1)(c1ccccc1)c1ccccc1.[NH3+][B-](c1ccccc1)(c1ccccc1)c1ccccc1. The van der Waals surface area contributed by atoms with Crippen molar-refractivity contribution in [2.75, 3.05) is 0 Å². The average molecular weight is 518 g/mol. The first kappa shape index (κ1) is 27.0. The zero-order valence-electron chi connectivity index (χ0n) is 22.9. The van der Waals surface area contributed by atoms with E-state index in [1.165, 1.54) is 32.8 Å². The van der Waals surface area contributed by atoms with E-state index in [-0.39, 0.29) is 0 Å². The van der Waals surface area contributed by atoms with E-state index in [1.807, 2.05) is 0 Å². The number of hydrogen-bond acceptors (Lipinski definition) is 0. The molecule has 4 heteroatoms. The Morgan fingerprint density at radius 1 is 0.225 bits per heavy atom. The first-order valence-electron chi connectivity index (χ1n) is 14.0. The van der Waals surface area contributed by atoms with Crippen LogP contribution in [0.25, 0.3) is 0 Å². The van der Waals surface area contributed by atoms with Gasteiger partial charge in [0.1, 0.15) is 0 Å². The van der Waals surface area contributed by atoms with Crippen LogP contribution in [0.15, 0.2) is 182 Å². The molecule has 0 bridgehead atoms. The lowest BCUT2D eigenvalue weighted by Crippen LogP contribution is -2.94. The van der Waals surface area contributed by atoms with Crippen LogP contribution < -0.4 is 44.1 Å². The van der Waals surface area contributed by atoms with Gasteiger partial charge in [-0.25, -0.2) is 0 Å². The predicted molar refractivity (Wildman–Crippen MR) is 174 cm³/mol. The van der Waals surface area contributed by atoms with Crippen LogP contribution in [-0.4, -0.2) is 12.6 Å². The molecular formula is C36H36B2N2. The smallest absolute Gasteiger partial charge is 0.286 e. The van der Waals surface area contributed by atoms with Crippen molar-refractivity contribution in [1.29, 1.82) is 0 Å². The van der Waals surface area contributed by atoms with Crippen molar-refractivity contribution in [3.05, 3.63) is 182 Å². The van der Waals surface area contributed by atoms with Crippen LogP contribution in [0.1, 0.15) is 0 Å². The summed E-state index contributed by atoms with van der Waals surface area (Å²) in [6, 6.07) is 63.4. The second kappa shape index (κ2) is 12.5. The summed E-state index contributed by atoms with van der Waals surface area (Å²) in [4.78, 5) is 0. The maximum absolute atomic E-state index is 4.64. The fraction of sp³-hybridized carbons (Fsp3) is 0. The first-order chi connectivity index (χ1) is 19.6. The van der Waals surface area contributed by atoms with Gasteiger partial charge in [-0.15, -0.1) is 32.8 Å². The van der Waals surface area contributed by atoms with Crippen molar-refractivity contribution in [1.82, 2.24) is 0 Å². The summed E-state index contributed by atoms with van der Waals surface area (Å²) < 4.78 is 0. The number of hydrogen-bond donors (Lipinski definition) is 2. The fourth-order valence-corrected chi connectivity index (χ4v) is 5.84. The van der Waals surface area contributed by atoms with Crippen LogP contribution in [0.3, 0.4) is 0 Å². The number of benzene rings is 6. The molecule has 0 radical (unpaired) electrons. The average Bonchev–Trinajstić information content (AvgIpc) is 3.07. The van der Waals surface area contributed by atoms with Crippen molar-refractivity contribution in [2.45, 2.75) is 0 Å². The molecule has 6 rings (SSSR count). The minimum absolute atomic E-state index is 1.16. The lowest BCUT2D eigenvalue weighted by atomic mass is 9.25. The molecule has 40 heavy (non-hydrogen) atoms. The summed E-state index contributed by atoms with van der Waals surface area (Å²) in [7, 11) is 0. The van der Waals surface area contributed by atoms with Crippen molar-refractivity contribution in [3.8, 4) is 0 Å². The third-order valence-electron chi connectivity index (χ3n) is 8.21. The lowest BCUT2D eigenvalue weighted by Gasteiger charge is -2.32. The fourth-order valence-electron chi connectivity index (χ4n) is 5.84. The minimum Gasteiger partial charge on any atom is -0.536 e. The van der Waals surface area contributed by atoms with Gasteiger partial charge in [0, 0.05) is 0 Å². The quantitative estimate of drug-likeness (QED) is 0.316. The van der Waals surface area contributed by atoms with E-state index < -0.39 is 12.6 Å². The third kappa shape index (κ3) is 5.55. The Bertz CT molecular complexity index is 1260. The van der Waals surface area contributed by atoms with Crippen molar-refractivity contribution >= 4 is 45.3 Å². The van der Waals surface area contributed by atoms with Crippen molar-refractivity contribution in [2.24, 2.45) is 0 Å². The molecule has 0 aliphatic carbocycles. The Morgan fingerprint density at radius 2 is 0.350 bits per heavy atom. The van der Waals surface area contributed by atoms with E-state index in [0.717, 1.165) is 0 Å². The van der Waals surface area contributed by atoms with Crippen LogP contribution >= 0.6 is 0 Å². The van der Waals surface area contributed by atoms with Gasteiger partial charge < -0.3 is 11.3 Å². The topological polar surface area (TPSA) is 55.3 Å². The minimum atomic E-state index is -1.16. The molecule has 0 saturated carbocycles. The summed E-state index contributed by atoms with van der Waals surface area (Å²) in [6.07, 6.45) is -2.32. The normalized spacial score (nSPS) is 11.2. The second-order valence-electron chi connectivity index (χ2n) is 10.6. The molecule has 0 fully saturated rings. The Balaban J connectivity index is 0.000000161. The number of quaternary nitrogens is 2. The highest BCUT2D eigenvalue weighted by Gasteiger charge is 2.33. The van der Waals surface area contributed by atoms with Gasteiger partial charge in [0.25, 0.3) is 12.6 Å². The molecule has 0 saturated heterocycles. The summed E-state index contributed by atoms with van der Waals surface area (Å²) >= 11 is 0. The summed E-state index contributed by atoms with van der Waals surface area (Å²) in [5.74, 6) is 0. The molecule has 0 atom stereocenters. The van der Waals surface area contributed by atoms with Crippen LogP contribution in [0.2, 0.25) is 0 Å². The largest absolute Gasteiger partial charge is 0.536 e. The first-order valence-corrected chi connectivity index (χ1v) is 14.0. The second-order valence-corrected chi connectivity index (χ2v) is 10.6. The molecule has 0 spiro atoms. The predicted octanol–water partition coefficient (Wildman–Crippen LogP) is 1.79. The van der Waals surface area contributed by atoms with Crippen molar-refractivity contribution < 1.29 is 11.3 Å². The molecular weight excluding hydrogens is 482 g/mol. The molecule has 0 aromatic heterocycles. The monoisotopic (exact) mass is 518 g/mol. The van der Waals surface area contributed by atoms with Gasteiger partial charge in [-0.1, -0.05) is 182 Å². The van der Waals surface area contributed by atoms with Crippen LogP contribution in [-0.2, 0) is 0 Å². The molecule has 0 heterocycles. The Morgan fingerprint density at radius 3 is 0.475 bits per heavy atom.